The maximum absolute atomic E-state index is 4.40. The predicted octanol–water partition coefficient (Wildman–Crippen LogP) is 3.33. The van der Waals surface area contributed by atoms with Gasteiger partial charge in [-0.05, 0) is 39.4 Å². The quantitative estimate of drug-likeness (QED) is 0.777. The number of hydrogen-bond donors (Lipinski definition) is 0. The second kappa shape index (κ2) is 3.78. The third kappa shape index (κ3) is 2.17. The van der Waals surface area contributed by atoms with Gasteiger partial charge in [-0.25, -0.2) is 4.98 Å². The van der Waals surface area contributed by atoms with Crippen LogP contribution in [0.5, 0.6) is 0 Å². The summed E-state index contributed by atoms with van der Waals surface area (Å²) >= 11 is 3.54. The zero-order valence-corrected chi connectivity index (χ0v) is 11.1. The van der Waals surface area contributed by atoms with Crippen molar-refractivity contribution in [3.63, 3.8) is 0 Å². The zero-order valence-electron chi connectivity index (χ0n) is 9.50. The fraction of sp³-hybridized carbons (Fsp3) is 0.583. The largest absolute Gasteiger partial charge is 0.355 e. The van der Waals surface area contributed by atoms with Gasteiger partial charge in [0.1, 0.15) is 5.82 Å². The Kier molecular flexibility index (Phi) is 2.75. The van der Waals surface area contributed by atoms with Gasteiger partial charge in [-0.1, -0.05) is 20.8 Å². The first-order valence-electron chi connectivity index (χ1n) is 5.34. The van der Waals surface area contributed by atoms with Crippen molar-refractivity contribution in [1.29, 1.82) is 0 Å². The van der Waals surface area contributed by atoms with E-state index >= 15 is 0 Å². The normalized spacial score (nSPS) is 17.7. The van der Waals surface area contributed by atoms with Crippen LogP contribution in [0, 0.1) is 11.3 Å². The van der Waals surface area contributed by atoms with Gasteiger partial charge in [-0.3, -0.25) is 0 Å². The lowest BCUT2D eigenvalue weighted by Gasteiger charge is -2.47. The Balaban J connectivity index is 2.04. The molecule has 0 spiro atoms. The molecule has 0 saturated carbocycles. The first-order chi connectivity index (χ1) is 6.98. The van der Waals surface area contributed by atoms with E-state index in [-0.39, 0.29) is 0 Å². The van der Waals surface area contributed by atoms with Crippen LogP contribution in [-0.2, 0) is 0 Å². The molecule has 2 nitrogen and oxygen atoms in total. The number of nitrogens with zero attached hydrogens (tertiary/aromatic N) is 2. The Morgan fingerprint density at radius 2 is 2.07 bits per heavy atom. The van der Waals surface area contributed by atoms with Crippen LogP contribution in [-0.4, -0.2) is 18.1 Å². The summed E-state index contributed by atoms with van der Waals surface area (Å²) in [6.07, 6.45) is 1.85. The van der Waals surface area contributed by atoms with E-state index in [1.54, 1.807) is 0 Å². The molecule has 0 amide bonds. The Morgan fingerprint density at radius 1 is 1.40 bits per heavy atom. The molecule has 1 aliphatic heterocycles. The highest BCUT2D eigenvalue weighted by Gasteiger charge is 2.36. The molecule has 82 valence electrons. The van der Waals surface area contributed by atoms with E-state index in [1.807, 2.05) is 18.3 Å². The van der Waals surface area contributed by atoms with Crippen LogP contribution in [0.3, 0.4) is 0 Å². The molecule has 0 N–H and O–H groups in total. The summed E-state index contributed by atoms with van der Waals surface area (Å²) in [5, 5.41) is 0. The van der Waals surface area contributed by atoms with Crippen molar-refractivity contribution >= 4 is 21.7 Å². The van der Waals surface area contributed by atoms with Gasteiger partial charge < -0.3 is 4.90 Å². The van der Waals surface area contributed by atoms with Gasteiger partial charge in [0.05, 0.1) is 4.47 Å². The summed E-state index contributed by atoms with van der Waals surface area (Å²) in [5.41, 5.74) is 0.414. The monoisotopic (exact) mass is 268 g/mol. The Morgan fingerprint density at radius 3 is 2.60 bits per heavy atom. The molecule has 1 aromatic rings. The molecule has 0 unspecified atom stereocenters. The van der Waals surface area contributed by atoms with Crippen molar-refractivity contribution < 1.29 is 0 Å². The zero-order chi connectivity index (χ0) is 11.1. The predicted molar refractivity (Wildman–Crippen MR) is 67.1 cm³/mol. The highest BCUT2D eigenvalue weighted by atomic mass is 79.9. The van der Waals surface area contributed by atoms with E-state index in [1.165, 1.54) is 0 Å². The summed E-state index contributed by atoms with van der Waals surface area (Å²) in [5.74, 6) is 1.87. The Bertz CT molecular complexity index is 351. The van der Waals surface area contributed by atoms with Crippen LogP contribution in [0.2, 0.25) is 0 Å². The standard InChI is InChI=1S/C12H17BrN2/c1-12(2,3)9-7-15(8-9)11-10(13)5-4-6-14-11/h4-6,9H,7-8H2,1-3H3. The third-order valence-corrected chi connectivity index (χ3v) is 3.76. The number of halogens is 1. The molecule has 1 saturated heterocycles. The lowest BCUT2D eigenvalue weighted by molar-refractivity contribution is 0.194. The van der Waals surface area contributed by atoms with Crippen LogP contribution >= 0.6 is 15.9 Å². The minimum absolute atomic E-state index is 0.414. The number of pyridine rings is 1. The average Bonchev–Trinajstić information content (AvgIpc) is 2.03. The van der Waals surface area contributed by atoms with Gasteiger partial charge >= 0.3 is 0 Å². The first kappa shape index (κ1) is 10.9. The van der Waals surface area contributed by atoms with Crippen molar-refractivity contribution in [2.45, 2.75) is 20.8 Å². The molecule has 0 aliphatic carbocycles. The van der Waals surface area contributed by atoms with Gasteiger partial charge in [-0.15, -0.1) is 0 Å². The van der Waals surface area contributed by atoms with Crippen LogP contribution in [0.1, 0.15) is 20.8 Å². The van der Waals surface area contributed by atoms with E-state index < -0.39 is 0 Å². The number of anilines is 1. The highest BCUT2D eigenvalue weighted by molar-refractivity contribution is 9.10. The lowest BCUT2D eigenvalue weighted by Crippen LogP contribution is -2.52. The molecule has 0 bridgehead atoms. The molecule has 0 aromatic carbocycles. The SMILES string of the molecule is CC(C)(C)C1CN(c2ncccc2Br)C1. The van der Waals surface area contributed by atoms with E-state index in [2.05, 4.69) is 46.6 Å². The Labute approximate surface area is 99.8 Å². The third-order valence-electron chi connectivity index (χ3n) is 3.14. The van der Waals surface area contributed by atoms with Crippen molar-refractivity contribution in [3.8, 4) is 0 Å². The molecule has 0 radical (unpaired) electrons. The average molecular weight is 269 g/mol. The minimum Gasteiger partial charge on any atom is -0.355 e. The molecule has 0 atom stereocenters. The van der Waals surface area contributed by atoms with Crippen molar-refractivity contribution in [3.05, 3.63) is 22.8 Å². The second-order valence-corrected chi connectivity index (χ2v) is 6.13. The molecule has 1 fully saturated rings. The molecule has 2 rings (SSSR count). The van der Waals surface area contributed by atoms with Crippen LogP contribution < -0.4 is 4.90 Å². The molecule has 1 aromatic heterocycles. The van der Waals surface area contributed by atoms with Gasteiger partial charge in [0.15, 0.2) is 0 Å². The molecule has 2 heterocycles. The summed E-state index contributed by atoms with van der Waals surface area (Å²) in [7, 11) is 0. The second-order valence-electron chi connectivity index (χ2n) is 5.28. The van der Waals surface area contributed by atoms with Gasteiger partial charge in [0, 0.05) is 19.3 Å². The maximum atomic E-state index is 4.40. The maximum Gasteiger partial charge on any atom is 0.142 e. The van der Waals surface area contributed by atoms with Crippen molar-refractivity contribution in [2.24, 2.45) is 11.3 Å². The number of aromatic nitrogens is 1. The minimum atomic E-state index is 0.414. The van der Waals surface area contributed by atoms with Crippen LogP contribution in [0.15, 0.2) is 22.8 Å². The van der Waals surface area contributed by atoms with E-state index in [0.29, 0.717) is 5.41 Å². The smallest absolute Gasteiger partial charge is 0.142 e. The molecule has 15 heavy (non-hydrogen) atoms. The van der Waals surface area contributed by atoms with Gasteiger partial charge in [-0.2, -0.15) is 0 Å². The topological polar surface area (TPSA) is 16.1 Å². The summed E-state index contributed by atoms with van der Waals surface area (Å²) in [6.45, 7) is 9.17. The number of rotatable bonds is 1. The fourth-order valence-electron chi connectivity index (χ4n) is 1.81. The molecule has 3 heteroatoms. The van der Waals surface area contributed by atoms with E-state index in [4.69, 9.17) is 0 Å². The molecular weight excluding hydrogens is 252 g/mol. The van der Waals surface area contributed by atoms with Gasteiger partial charge in [0.25, 0.3) is 0 Å². The molecule has 1 aliphatic rings. The Hall–Kier alpha value is -0.570. The van der Waals surface area contributed by atoms with Gasteiger partial charge in [0.2, 0.25) is 0 Å². The number of hydrogen-bond acceptors (Lipinski definition) is 2. The molecular formula is C12H17BrN2. The first-order valence-corrected chi connectivity index (χ1v) is 6.13. The summed E-state index contributed by atoms with van der Waals surface area (Å²) in [4.78, 5) is 6.73. The van der Waals surface area contributed by atoms with Crippen molar-refractivity contribution in [2.75, 3.05) is 18.0 Å². The van der Waals surface area contributed by atoms with E-state index in [0.717, 1.165) is 29.3 Å². The van der Waals surface area contributed by atoms with Crippen LogP contribution in [0.25, 0.3) is 0 Å². The summed E-state index contributed by atoms with van der Waals surface area (Å²) < 4.78 is 1.09. The highest BCUT2D eigenvalue weighted by Crippen LogP contribution is 2.37. The van der Waals surface area contributed by atoms with Crippen molar-refractivity contribution in [1.82, 2.24) is 4.98 Å². The van der Waals surface area contributed by atoms with Crippen LogP contribution in [0.4, 0.5) is 5.82 Å². The van der Waals surface area contributed by atoms with E-state index in [9.17, 15) is 0 Å². The fourth-order valence-corrected chi connectivity index (χ4v) is 2.32. The lowest BCUT2D eigenvalue weighted by atomic mass is 9.76. The summed E-state index contributed by atoms with van der Waals surface area (Å²) in [6, 6.07) is 4.00.